The van der Waals surface area contributed by atoms with Gasteiger partial charge in [-0.25, -0.2) is 0 Å². The second kappa shape index (κ2) is 7.32. The largest absolute Gasteiger partial charge is 0.489 e. The molecule has 0 N–H and O–H groups in total. The van der Waals surface area contributed by atoms with Gasteiger partial charge in [0.2, 0.25) is 0 Å². The van der Waals surface area contributed by atoms with Gasteiger partial charge < -0.3 is 4.74 Å². The van der Waals surface area contributed by atoms with Gasteiger partial charge in [-0.3, -0.25) is 9.59 Å². The van der Waals surface area contributed by atoms with E-state index in [-0.39, 0.29) is 35.5 Å². The highest BCUT2D eigenvalue weighted by Gasteiger charge is 2.56. The van der Waals surface area contributed by atoms with E-state index in [0.717, 1.165) is 29.0 Å². The van der Waals surface area contributed by atoms with E-state index in [1.807, 2.05) is 54.6 Å². The third-order valence-electron chi connectivity index (χ3n) is 6.16. The molecular weight excluding hydrogens is 364 g/mol. The third kappa shape index (κ3) is 3.27. The Kier molecular flexibility index (Phi) is 4.51. The molecule has 2 aromatic carbocycles. The van der Waals surface area contributed by atoms with Crippen LogP contribution in [0.2, 0.25) is 0 Å². The Morgan fingerprint density at radius 2 is 1.62 bits per heavy atom. The predicted molar refractivity (Wildman–Crippen MR) is 109 cm³/mol. The molecule has 0 radical (unpaired) electrons. The van der Waals surface area contributed by atoms with E-state index in [0.29, 0.717) is 12.4 Å². The van der Waals surface area contributed by atoms with Crippen molar-refractivity contribution in [1.29, 1.82) is 0 Å². The number of hydrogen-bond acceptors (Lipinski definition) is 4. The van der Waals surface area contributed by atoms with Crippen LogP contribution in [-0.4, -0.2) is 23.0 Å². The van der Waals surface area contributed by atoms with E-state index in [1.54, 1.807) is 6.21 Å². The van der Waals surface area contributed by atoms with Crippen LogP contribution < -0.4 is 4.74 Å². The SMILES string of the molecule is O=C1[C@@H]2[C@@H](C(=O)N1/N=C\c1cccc(OCc3ccccc3)c1)[C@@H]1C=C[C@@H]2CC1. The van der Waals surface area contributed by atoms with Gasteiger partial charge in [-0.05, 0) is 47.9 Å². The van der Waals surface area contributed by atoms with Crippen LogP contribution in [0, 0.1) is 23.7 Å². The molecule has 6 rings (SSSR count). The smallest absolute Gasteiger partial charge is 0.254 e. The van der Waals surface area contributed by atoms with E-state index in [9.17, 15) is 9.59 Å². The minimum absolute atomic E-state index is 0.160. The zero-order chi connectivity index (χ0) is 19.8. The van der Waals surface area contributed by atoms with E-state index >= 15 is 0 Å². The summed E-state index contributed by atoms with van der Waals surface area (Å²) in [6.45, 7) is 0.476. The molecule has 0 aromatic heterocycles. The summed E-state index contributed by atoms with van der Waals surface area (Å²) < 4.78 is 5.84. The number of ether oxygens (including phenoxy) is 1. The fourth-order valence-electron chi connectivity index (χ4n) is 4.72. The molecule has 2 aromatic rings. The highest BCUT2D eigenvalue weighted by Crippen LogP contribution is 2.49. The van der Waals surface area contributed by atoms with Crippen molar-refractivity contribution >= 4 is 18.0 Å². The first kappa shape index (κ1) is 17.9. The van der Waals surface area contributed by atoms with Crippen molar-refractivity contribution in [3.8, 4) is 5.75 Å². The zero-order valence-corrected chi connectivity index (χ0v) is 16.0. The lowest BCUT2D eigenvalue weighted by Crippen LogP contribution is -2.38. The molecule has 1 saturated heterocycles. The van der Waals surface area contributed by atoms with Crippen LogP contribution in [0.4, 0.5) is 0 Å². The molecule has 29 heavy (non-hydrogen) atoms. The number of fused-ring (bicyclic) bond motifs is 1. The fourth-order valence-corrected chi connectivity index (χ4v) is 4.72. The van der Waals surface area contributed by atoms with Gasteiger partial charge in [0.05, 0.1) is 18.1 Å². The summed E-state index contributed by atoms with van der Waals surface area (Å²) >= 11 is 0. The second-order valence-corrected chi connectivity index (χ2v) is 7.92. The van der Waals surface area contributed by atoms with Gasteiger partial charge in [0.25, 0.3) is 11.8 Å². The van der Waals surface area contributed by atoms with Crippen molar-refractivity contribution in [2.45, 2.75) is 19.4 Å². The molecular formula is C24H22N2O3. The van der Waals surface area contributed by atoms with E-state index in [4.69, 9.17) is 4.74 Å². The first-order valence-electron chi connectivity index (χ1n) is 10.1. The highest BCUT2D eigenvalue weighted by atomic mass is 16.5. The van der Waals surface area contributed by atoms with Crippen molar-refractivity contribution in [3.05, 3.63) is 77.9 Å². The molecule has 3 aliphatic carbocycles. The normalized spacial score (nSPS) is 27.7. The topological polar surface area (TPSA) is 59.0 Å². The van der Waals surface area contributed by atoms with Crippen LogP contribution in [-0.2, 0) is 16.2 Å². The Morgan fingerprint density at radius 3 is 2.28 bits per heavy atom. The number of allylic oxidation sites excluding steroid dienone is 2. The van der Waals surface area contributed by atoms with Crippen LogP contribution in [0.1, 0.15) is 24.0 Å². The molecule has 0 unspecified atom stereocenters. The molecule has 1 saturated carbocycles. The second-order valence-electron chi connectivity index (χ2n) is 7.92. The highest BCUT2D eigenvalue weighted by molar-refractivity contribution is 6.06. The van der Waals surface area contributed by atoms with Gasteiger partial charge in [-0.1, -0.05) is 54.6 Å². The molecule has 1 aliphatic heterocycles. The summed E-state index contributed by atoms with van der Waals surface area (Å²) in [6.07, 6.45) is 7.76. The first-order chi connectivity index (χ1) is 14.2. The summed E-state index contributed by atoms with van der Waals surface area (Å²) in [7, 11) is 0. The molecule has 4 aliphatic rings. The van der Waals surface area contributed by atoms with Crippen molar-refractivity contribution in [1.82, 2.24) is 5.01 Å². The van der Waals surface area contributed by atoms with Crippen molar-refractivity contribution in [2.24, 2.45) is 28.8 Å². The number of carbonyl (C=O) groups excluding carboxylic acids is 2. The molecule has 2 bridgehead atoms. The quantitative estimate of drug-likeness (QED) is 0.446. The lowest BCUT2D eigenvalue weighted by molar-refractivity contribution is -0.140. The average molecular weight is 386 g/mol. The zero-order valence-electron chi connectivity index (χ0n) is 16.0. The minimum atomic E-state index is -0.232. The van der Waals surface area contributed by atoms with Crippen molar-refractivity contribution in [2.75, 3.05) is 0 Å². The number of carbonyl (C=O) groups is 2. The lowest BCUT2D eigenvalue weighted by atomic mass is 9.63. The van der Waals surface area contributed by atoms with E-state index in [1.165, 1.54) is 0 Å². The number of nitrogens with zero attached hydrogens (tertiary/aromatic N) is 2. The van der Waals surface area contributed by atoms with Crippen LogP contribution in [0.3, 0.4) is 0 Å². The van der Waals surface area contributed by atoms with Gasteiger partial charge >= 0.3 is 0 Å². The molecule has 146 valence electrons. The maximum atomic E-state index is 12.8. The fraction of sp³-hybridized carbons (Fsp3) is 0.292. The minimum Gasteiger partial charge on any atom is -0.489 e. The molecule has 5 nitrogen and oxygen atoms in total. The molecule has 1 heterocycles. The summed E-state index contributed by atoms with van der Waals surface area (Å²) in [4.78, 5) is 25.6. The van der Waals surface area contributed by atoms with Gasteiger partial charge in [0, 0.05) is 0 Å². The van der Waals surface area contributed by atoms with Crippen molar-refractivity contribution in [3.63, 3.8) is 0 Å². The standard InChI is InChI=1S/C24H22N2O3/c27-23-21-18-9-10-19(12-11-18)22(21)24(28)26(23)25-14-17-7-4-8-20(13-17)29-15-16-5-2-1-3-6-16/h1-10,13-14,18-19,21-22H,11-12,15H2/b25-14-/t18-,19-,21+,22+/m1/s1. The van der Waals surface area contributed by atoms with E-state index < -0.39 is 0 Å². The number of hydrazone groups is 1. The molecule has 2 fully saturated rings. The number of hydrogen-bond donors (Lipinski definition) is 0. The lowest BCUT2D eigenvalue weighted by Gasteiger charge is -2.37. The van der Waals surface area contributed by atoms with Crippen LogP contribution >= 0.6 is 0 Å². The monoisotopic (exact) mass is 386 g/mol. The molecule has 2 amide bonds. The number of benzene rings is 2. The summed E-state index contributed by atoms with van der Waals surface area (Å²) in [5.41, 5.74) is 1.87. The Balaban J connectivity index is 1.29. The maximum Gasteiger partial charge on any atom is 0.254 e. The molecule has 5 heteroatoms. The van der Waals surface area contributed by atoms with Crippen molar-refractivity contribution < 1.29 is 14.3 Å². The number of imide groups is 1. The summed E-state index contributed by atoms with van der Waals surface area (Å²) in [6, 6.07) is 17.4. The molecule has 4 atom stereocenters. The van der Waals surface area contributed by atoms with E-state index in [2.05, 4.69) is 17.3 Å². The summed E-state index contributed by atoms with van der Waals surface area (Å²) in [5, 5.41) is 5.35. The Hall–Kier alpha value is -3.21. The Morgan fingerprint density at radius 1 is 0.931 bits per heavy atom. The van der Waals surface area contributed by atoms with Gasteiger partial charge in [-0.2, -0.15) is 10.1 Å². The Labute approximate surface area is 169 Å². The first-order valence-corrected chi connectivity index (χ1v) is 10.1. The number of amides is 2. The van der Waals surface area contributed by atoms with Gasteiger partial charge in [0.15, 0.2) is 0 Å². The average Bonchev–Trinajstić information content (AvgIpc) is 3.05. The van der Waals surface area contributed by atoms with Crippen LogP contribution in [0.25, 0.3) is 0 Å². The predicted octanol–water partition coefficient (Wildman–Crippen LogP) is 3.80. The number of rotatable bonds is 5. The van der Waals surface area contributed by atoms with Crippen LogP contribution in [0.15, 0.2) is 71.9 Å². The summed E-state index contributed by atoms with van der Waals surface area (Å²) in [5.74, 6) is 0.284. The third-order valence-corrected chi connectivity index (χ3v) is 6.16. The van der Waals surface area contributed by atoms with Gasteiger partial charge in [0.1, 0.15) is 12.4 Å². The molecule has 0 spiro atoms. The Bertz CT molecular complexity index is 966. The van der Waals surface area contributed by atoms with Crippen LogP contribution in [0.5, 0.6) is 5.75 Å². The maximum absolute atomic E-state index is 12.8. The van der Waals surface area contributed by atoms with Gasteiger partial charge in [-0.15, -0.1) is 0 Å².